The van der Waals surface area contributed by atoms with E-state index in [0.29, 0.717) is 4.44 Å². The molecule has 0 bridgehead atoms. The van der Waals surface area contributed by atoms with Crippen molar-refractivity contribution in [2.75, 3.05) is 0 Å². The van der Waals surface area contributed by atoms with Crippen LogP contribution in [0.4, 0.5) is 0 Å². The Balaban J connectivity index is 3.50. The van der Waals surface area contributed by atoms with Gasteiger partial charge in [-0.2, -0.15) is 0 Å². The van der Waals surface area contributed by atoms with Gasteiger partial charge in [0.25, 0.3) is 0 Å². The summed E-state index contributed by atoms with van der Waals surface area (Å²) >= 11 is -3.05. The van der Waals surface area contributed by atoms with Crippen LogP contribution in [0.3, 0.4) is 0 Å². The zero-order chi connectivity index (χ0) is 7.33. The summed E-state index contributed by atoms with van der Waals surface area (Å²) in [7, 11) is 16.9. The monoisotopic (exact) mass is 292 g/mol. The number of halogens is 3. The van der Waals surface area contributed by atoms with Crippen molar-refractivity contribution in [1.29, 1.82) is 0 Å². The summed E-state index contributed by atoms with van der Waals surface area (Å²) in [5.41, 5.74) is 0. The molecule has 52 valence electrons. The maximum atomic E-state index is 5.62. The molecule has 0 amide bonds. The molecule has 0 aliphatic carbocycles. The van der Waals surface area contributed by atoms with Crippen LogP contribution in [0.2, 0.25) is 4.44 Å². The van der Waals surface area contributed by atoms with Gasteiger partial charge in [0.1, 0.15) is 0 Å². The zero-order valence-corrected chi connectivity index (χ0v) is 9.90. The van der Waals surface area contributed by atoms with E-state index < -0.39 is 15.0 Å². The van der Waals surface area contributed by atoms with Crippen molar-refractivity contribution in [1.82, 2.24) is 0 Å². The summed E-state index contributed by atoms with van der Waals surface area (Å²) in [4.78, 5) is 0. The van der Waals surface area contributed by atoms with Crippen molar-refractivity contribution in [2.45, 2.75) is 4.44 Å². The first-order valence-electron chi connectivity index (χ1n) is 2.40. The van der Waals surface area contributed by atoms with Gasteiger partial charge in [-0.1, -0.05) is 0 Å². The van der Waals surface area contributed by atoms with Gasteiger partial charge in [0, 0.05) is 0 Å². The predicted octanol–water partition coefficient (Wildman–Crippen LogP) is 3.38. The van der Waals surface area contributed by atoms with Gasteiger partial charge >= 0.3 is 71.0 Å². The van der Waals surface area contributed by atoms with Gasteiger partial charge < -0.3 is 0 Å². The van der Waals surface area contributed by atoms with Crippen LogP contribution in [-0.4, -0.2) is 15.0 Å². The molecule has 0 aromatic rings. The Morgan fingerprint density at radius 2 is 1.89 bits per heavy atom. The molecule has 0 atom stereocenters. The molecular formula is C5H7Cl3Sn. The normalized spacial score (nSPS) is 12.3. The van der Waals surface area contributed by atoms with Crippen LogP contribution < -0.4 is 0 Å². The van der Waals surface area contributed by atoms with Crippen LogP contribution >= 0.6 is 26.8 Å². The second-order valence-corrected chi connectivity index (χ2v) is 23.0. The van der Waals surface area contributed by atoms with Crippen LogP contribution in [0.15, 0.2) is 24.8 Å². The van der Waals surface area contributed by atoms with Gasteiger partial charge in [-0.25, -0.2) is 0 Å². The summed E-state index contributed by atoms with van der Waals surface area (Å²) in [6.07, 6.45) is 5.30. The van der Waals surface area contributed by atoms with Gasteiger partial charge in [-0.05, 0) is 0 Å². The molecule has 4 heteroatoms. The van der Waals surface area contributed by atoms with E-state index in [2.05, 4.69) is 6.58 Å². The van der Waals surface area contributed by atoms with Crippen molar-refractivity contribution in [2.24, 2.45) is 0 Å². The fourth-order valence-electron chi connectivity index (χ4n) is 0.298. The van der Waals surface area contributed by atoms with Crippen molar-refractivity contribution in [3.05, 3.63) is 24.8 Å². The Morgan fingerprint density at radius 1 is 1.33 bits per heavy atom. The standard InChI is InChI=1S/C5H7.3ClH.Sn/c1-3-5-4-2;;;;/h3-5H,1-2H2;3*1H;/q;;;;+3/p-3/b5-3+;;;;. The Kier molecular flexibility index (Phi) is 5.51. The molecule has 0 saturated heterocycles. The van der Waals surface area contributed by atoms with Gasteiger partial charge in [0.15, 0.2) is 0 Å². The van der Waals surface area contributed by atoms with E-state index in [0.717, 1.165) is 0 Å². The fraction of sp³-hybridized carbons (Fsp3) is 0.200. The number of hydrogen-bond donors (Lipinski definition) is 0. The third-order valence-electron chi connectivity index (χ3n) is 0.621. The fourth-order valence-corrected chi connectivity index (χ4v) is 3.24. The topological polar surface area (TPSA) is 0 Å². The molecule has 0 N–H and O–H groups in total. The molecule has 0 nitrogen and oxygen atoms in total. The molecule has 0 fully saturated rings. The Morgan fingerprint density at radius 3 is 2.22 bits per heavy atom. The molecule has 0 aliphatic rings. The number of hydrogen-bond acceptors (Lipinski definition) is 0. The molecule has 0 aromatic heterocycles. The van der Waals surface area contributed by atoms with Gasteiger partial charge in [-0.3, -0.25) is 0 Å². The molecule has 0 radical (unpaired) electrons. The van der Waals surface area contributed by atoms with Crippen molar-refractivity contribution < 1.29 is 0 Å². The summed E-state index contributed by atoms with van der Waals surface area (Å²) in [5, 5.41) is 0. The molecule has 0 saturated carbocycles. The maximum absolute atomic E-state index is 5.62. The second-order valence-electron chi connectivity index (χ2n) is 1.48. The van der Waals surface area contributed by atoms with Crippen molar-refractivity contribution >= 4 is 41.8 Å². The van der Waals surface area contributed by atoms with Gasteiger partial charge in [0.05, 0.1) is 0 Å². The quantitative estimate of drug-likeness (QED) is 0.552. The molecule has 0 rings (SSSR count). The minimum atomic E-state index is -3.05. The van der Waals surface area contributed by atoms with E-state index in [1.54, 1.807) is 12.2 Å². The van der Waals surface area contributed by atoms with Crippen molar-refractivity contribution in [3.8, 4) is 0 Å². The molecule has 0 spiro atoms. The molecule has 0 aromatic carbocycles. The molecule has 0 unspecified atom stereocenters. The summed E-state index contributed by atoms with van der Waals surface area (Å²) < 4.78 is 0.630. The van der Waals surface area contributed by atoms with Crippen molar-refractivity contribution in [3.63, 3.8) is 0 Å². The summed E-state index contributed by atoms with van der Waals surface area (Å²) in [5.74, 6) is 0. The zero-order valence-electron chi connectivity index (χ0n) is 4.78. The Labute approximate surface area is 70.5 Å². The number of rotatable bonds is 3. The van der Waals surface area contributed by atoms with Crippen LogP contribution in [0.1, 0.15) is 0 Å². The molecule has 9 heavy (non-hydrogen) atoms. The summed E-state index contributed by atoms with van der Waals surface area (Å²) in [6.45, 7) is 3.49. The minimum absolute atomic E-state index is 0.630. The second kappa shape index (κ2) is 4.89. The number of allylic oxidation sites excluding steroid dienone is 3. The van der Waals surface area contributed by atoms with Crippen LogP contribution in [0.5, 0.6) is 0 Å². The Bertz CT molecular complexity index is 114. The SMILES string of the molecule is C=C/C=C/[CH2][Sn]([Cl])([Cl])[Cl]. The first-order valence-corrected chi connectivity index (χ1v) is 15.3. The summed E-state index contributed by atoms with van der Waals surface area (Å²) in [6, 6.07) is 0. The van der Waals surface area contributed by atoms with Gasteiger partial charge in [-0.15, -0.1) is 0 Å². The molecule has 0 heterocycles. The van der Waals surface area contributed by atoms with E-state index in [9.17, 15) is 0 Å². The van der Waals surface area contributed by atoms with E-state index in [1.807, 2.05) is 6.08 Å². The third kappa shape index (κ3) is 9.15. The predicted molar refractivity (Wildman–Crippen MR) is 47.5 cm³/mol. The Hall–Kier alpha value is 1.15. The van der Waals surface area contributed by atoms with E-state index in [-0.39, 0.29) is 0 Å². The molecule has 0 aliphatic heterocycles. The van der Waals surface area contributed by atoms with E-state index >= 15 is 0 Å². The van der Waals surface area contributed by atoms with E-state index in [1.165, 1.54) is 0 Å². The molecular weight excluding hydrogens is 285 g/mol. The third-order valence-corrected chi connectivity index (χ3v) is 5.72. The average molecular weight is 292 g/mol. The van der Waals surface area contributed by atoms with Crippen LogP contribution in [0.25, 0.3) is 0 Å². The van der Waals surface area contributed by atoms with Gasteiger partial charge in [0.2, 0.25) is 0 Å². The average Bonchev–Trinajstić information content (AvgIpc) is 1.63. The van der Waals surface area contributed by atoms with Crippen LogP contribution in [-0.2, 0) is 0 Å². The first kappa shape index (κ1) is 10.1. The van der Waals surface area contributed by atoms with Crippen LogP contribution in [0, 0.1) is 0 Å². The van der Waals surface area contributed by atoms with E-state index in [4.69, 9.17) is 26.8 Å². The first-order chi connectivity index (χ1) is 4.06.